The lowest BCUT2D eigenvalue weighted by molar-refractivity contribution is -0.121. The molecule has 0 atom stereocenters. The minimum absolute atomic E-state index is 0.101. The predicted molar refractivity (Wildman–Crippen MR) is 72.9 cm³/mol. The average molecular weight is 295 g/mol. The fourth-order valence-electron chi connectivity index (χ4n) is 1.89. The van der Waals surface area contributed by atoms with Crippen molar-refractivity contribution in [2.24, 2.45) is 0 Å². The van der Waals surface area contributed by atoms with E-state index in [0.29, 0.717) is 19.5 Å². The molecule has 0 aliphatic rings. The zero-order chi connectivity index (χ0) is 12.3. The van der Waals surface area contributed by atoms with Crippen LogP contribution in [-0.4, -0.2) is 17.0 Å². The van der Waals surface area contributed by atoms with Crippen molar-refractivity contribution in [3.05, 3.63) is 34.9 Å². The van der Waals surface area contributed by atoms with Crippen LogP contribution in [0.2, 0.25) is 0 Å². The highest BCUT2D eigenvalue weighted by molar-refractivity contribution is 9.10. The number of nitrogens with zero attached hydrogens (tertiary/aromatic N) is 1. The smallest absolute Gasteiger partial charge is 0.221 e. The van der Waals surface area contributed by atoms with E-state index < -0.39 is 0 Å². The van der Waals surface area contributed by atoms with Gasteiger partial charge in [0.15, 0.2) is 0 Å². The second kappa shape index (κ2) is 5.36. The van der Waals surface area contributed by atoms with Crippen LogP contribution in [0.1, 0.15) is 13.3 Å². The first-order valence-electron chi connectivity index (χ1n) is 5.72. The zero-order valence-electron chi connectivity index (χ0n) is 9.74. The van der Waals surface area contributed by atoms with Crippen molar-refractivity contribution < 1.29 is 4.79 Å². The van der Waals surface area contributed by atoms with Gasteiger partial charge < -0.3 is 9.88 Å². The molecule has 2 aromatic rings. The zero-order valence-corrected chi connectivity index (χ0v) is 11.3. The van der Waals surface area contributed by atoms with Crippen LogP contribution in [-0.2, 0) is 11.3 Å². The van der Waals surface area contributed by atoms with Crippen LogP contribution in [0.15, 0.2) is 34.9 Å². The number of hydrogen-bond donors (Lipinski definition) is 1. The molecule has 1 heterocycles. The SMILES string of the molecule is CCNC(=O)CCn1ccc2c(Br)cccc21. The molecule has 3 nitrogen and oxygen atoms in total. The molecule has 0 aliphatic heterocycles. The van der Waals surface area contributed by atoms with Crippen LogP contribution < -0.4 is 5.32 Å². The maximum absolute atomic E-state index is 11.4. The molecule has 1 N–H and O–H groups in total. The number of aromatic nitrogens is 1. The number of aryl methyl sites for hydroxylation is 1. The highest BCUT2D eigenvalue weighted by Gasteiger charge is 2.05. The Morgan fingerprint density at radius 3 is 3.00 bits per heavy atom. The summed E-state index contributed by atoms with van der Waals surface area (Å²) in [5.41, 5.74) is 1.16. The molecule has 4 heteroatoms. The van der Waals surface area contributed by atoms with Gasteiger partial charge in [0.1, 0.15) is 0 Å². The van der Waals surface area contributed by atoms with Gasteiger partial charge in [-0.15, -0.1) is 0 Å². The van der Waals surface area contributed by atoms with E-state index in [1.54, 1.807) is 0 Å². The fourth-order valence-corrected chi connectivity index (χ4v) is 2.38. The van der Waals surface area contributed by atoms with Crippen molar-refractivity contribution in [1.29, 1.82) is 0 Å². The third kappa shape index (κ3) is 2.69. The summed E-state index contributed by atoms with van der Waals surface area (Å²) in [6.07, 6.45) is 2.54. The number of rotatable bonds is 4. The first kappa shape index (κ1) is 12.2. The van der Waals surface area contributed by atoms with Crippen LogP contribution in [0.3, 0.4) is 0 Å². The van der Waals surface area contributed by atoms with Gasteiger partial charge in [-0.1, -0.05) is 22.0 Å². The molecule has 17 heavy (non-hydrogen) atoms. The van der Waals surface area contributed by atoms with E-state index >= 15 is 0 Å². The third-order valence-corrected chi connectivity index (χ3v) is 3.41. The van der Waals surface area contributed by atoms with Crippen LogP contribution in [0.5, 0.6) is 0 Å². The molecular weight excluding hydrogens is 280 g/mol. The van der Waals surface area contributed by atoms with Crippen LogP contribution >= 0.6 is 15.9 Å². The van der Waals surface area contributed by atoms with E-state index in [4.69, 9.17) is 0 Å². The average Bonchev–Trinajstić information content (AvgIpc) is 2.72. The van der Waals surface area contributed by atoms with Gasteiger partial charge >= 0.3 is 0 Å². The Bertz CT molecular complexity index is 533. The quantitative estimate of drug-likeness (QED) is 0.924. The molecule has 1 amide bonds. The van der Waals surface area contributed by atoms with E-state index in [-0.39, 0.29) is 5.91 Å². The maximum atomic E-state index is 11.4. The lowest BCUT2D eigenvalue weighted by Crippen LogP contribution is -2.23. The summed E-state index contributed by atoms with van der Waals surface area (Å²) < 4.78 is 3.20. The minimum Gasteiger partial charge on any atom is -0.356 e. The Morgan fingerprint density at radius 1 is 1.41 bits per heavy atom. The lowest BCUT2D eigenvalue weighted by atomic mass is 10.2. The molecule has 0 saturated carbocycles. The van der Waals surface area contributed by atoms with Crippen LogP contribution in [0, 0.1) is 0 Å². The van der Waals surface area contributed by atoms with E-state index in [0.717, 1.165) is 9.99 Å². The second-order valence-electron chi connectivity index (χ2n) is 3.89. The molecule has 0 aliphatic carbocycles. The molecule has 90 valence electrons. The number of hydrogen-bond acceptors (Lipinski definition) is 1. The summed E-state index contributed by atoms with van der Waals surface area (Å²) in [5.74, 6) is 0.101. The van der Waals surface area contributed by atoms with E-state index in [1.165, 1.54) is 5.39 Å². The standard InChI is InChI=1S/C13H15BrN2O/c1-2-15-13(17)7-9-16-8-6-10-11(14)4-3-5-12(10)16/h3-6,8H,2,7,9H2,1H3,(H,15,17). The number of carbonyl (C=O) groups excluding carboxylic acids is 1. The van der Waals surface area contributed by atoms with Gasteiger partial charge in [-0.25, -0.2) is 0 Å². The van der Waals surface area contributed by atoms with Crippen LogP contribution in [0.4, 0.5) is 0 Å². The third-order valence-electron chi connectivity index (χ3n) is 2.71. The Hall–Kier alpha value is -1.29. The predicted octanol–water partition coefficient (Wildman–Crippen LogP) is 2.93. The summed E-state index contributed by atoms with van der Waals surface area (Å²) in [6, 6.07) is 8.17. The van der Waals surface area contributed by atoms with Crippen molar-refractivity contribution in [3.8, 4) is 0 Å². The number of carbonyl (C=O) groups is 1. The van der Waals surface area contributed by atoms with Crippen molar-refractivity contribution in [3.63, 3.8) is 0 Å². The minimum atomic E-state index is 0.101. The van der Waals surface area contributed by atoms with Gasteiger partial charge in [0.2, 0.25) is 5.91 Å². The largest absolute Gasteiger partial charge is 0.356 e. The first-order valence-corrected chi connectivity index (χ1v) is 6.51. The van der Waals surface area contributed by atoms with Gasteiger partial charge in [0.25, 0.3) is 0 Å². The maximum Gasteiger partial charge on any atom is 0.221 e. The number of halogens is 1. The highest BCUT2D eigenvalue weighted by Crippen LogP contribution is 2.24. The van der Waals surface area contributed by atoms with Gasteiger partial charge in [-0.2, -0.15) is 0 Å². The topological polar surface area (TPSA) is 34.0 Å². The molecule has 0 radical (unpaired) electrons. The Labute approximate surface area is 109 Å². The Balaban J connectivity index is 2.14. The number of nitrogens with one attached hydrogen (secondary N) is 1. The monoisotopic (exact) mass is 294 g/mol. The summed E-state index contributed by atoms with van der Waals surface area (Å²) >= 11 is 3.52. The van der Waals surface area contributed by atoms with Gasteiger partial charge in [-0.05, 0) is 25.1 Å². The van der Waals surface area contributed by atoms with Crippen molar-refractivity contribution in [2.45, 2.75) is 19.9 Å². The Kier molecular flexibility index (Phi) is 3.84. The summed E-state index contributed by atoms with van der Waals surface area (Å²) in [4.78, 5) is 11.4. The number of amides is 1. The number of fused-ring (bicyclic) bond motifs is 1. The summed E-state index contributed by atoms with van der Waals surface area (Å²) in [5, 5.41) is 3.99. The molecule has 0 fully saturated rings. The van der Waals surface area contributed by atoms with Crippen LogP contribution in [0.25, 0.3) is 10.9 Å². The van der Waals surface area contributed by atoms with Gasteiger partial charge in [-0.3, -0.25) is 4.79 Å². The lowest BCUT2D eigenvalue weighted by Gasteiger charge is -2.05. The normalized spacial score (nSPS) is 10.7. The molecule has 0 unspecified atom stereocenters. The fraction of sp³-hybridized carbons (Fsp3) is 0.308. The summed E-state index contributed by atoms with van der Waals surface area (Å²) in [7, 11) is 0. The molecule has 1 aromatic carbocycles. The van der Waals surface area contributed by atoms with Crippen molar-refractivity contribution in [1.82, 2.24) is 9.88 Å². The number of benzene rings is 1. The molecule has 0 saturated heterocycles. The van der Waals surface area contributed by atoms with E-state index in [9.17, 15) is 4.79 Å². The van der Waals surface area contributed by atoms with Crippen molar-refractivity contribution >= 4 is 32.7 Å². The van der Waals surface area contributed by atoms with E-state index in [1.807, 2.05) is 25.3 Å². The Morgan fingerprint density at radius 2 is 2.24 bits per heavy atom. The van der Waals surface area contributed by atoms with Gasteiger partial charge in [0, 0.05) is 41.1 Å². The molecular formula is C13H15BrN2O. The summed E-state index contributed by atoms with van der Waals surface area (Å²) in [6.45, 7) is 3.34. The van der Waals surface area contributed by atoms with E-state index in [2.05, 4.69) is 37.9 Å². The molecule has 0 bridgehead atoms. The molecule has 0 spiro atoms. The van der Waals surface area contributed by atoms with Gasteiger partial charge in [0.05, 0.1) is 0 Å². The second-order valence-corrected chi connectivity index (χ2v) is 4.74. The molecule has 2 rings (SSSR count). The first-order chi connectivity index (χ1) is 8.22. The van der Waals surface area contributed by atoms with Crippen molar-refractivity contribution in [2.75, 3.05) is 6.54 Å². The molecule has 1 aromatic heterocycles. The highest BCUT2D eigenvalue weighted by atomic mass is 79.9.